The number of hydrogen-bond acceptors (Lipinski definition) is 4. The van der Waals surface area contributed by atoms with E-state index in [-0.39, 0.29) is 24.0 Å². The van der Waals surface area contributed by atoms with Gasteiger partial charge < -0.3 is 9.67 Å². The summed E-state index contributed by atoms with van der Waals surface area (Å²) in [6.45, 7) is 0.293. The predicted octanol–water partition coefficient (Wildman–Crippen LogP) is 2.55. The fourth-order valence-electron chi connectivity index (χ4n) is 2.86. The van der Waals surface area contributed by atoms with Crippen LogP contribution in [0.3, 0.4) is 0 Å². The van der Waals surface area contributed by atoms with Gasteiger partial charge in [-0.05, 0) is 24.3 Å². The molecule has 0 spiro atoms. The monoisotopic (exact) mass is 370 g/mol. The molecule has 3 heterocycles. The number of carbonyl (C=O) groups is 2. The van der Waals surface area contributed by atoms with Crippen LogP contribution in [0.15, 0.2) is 60.3 Å². The largest absolute Gasteiger partial charge is 0.477 e. The van der Waals surface area contributed by atoms with Crippen LogP contribution in [0.25, 0.3) is 17.1 Å². The van der Waals surface area contributed by atoms with Crippen LogP contribution in [0.4, 0.5) is 5.82 Å². The van der Waals surface area contributed by atoms with Gasteiger partial charge in [0.05, 0.1) is 11.1 Å². The zero-order valence-corrected chi connectivity index (χ0v) is 14.3. The Morgan fingerprint density at radius 3 is 2.69 bits per heavy atom. The van der Waals surface area contributed by atoms with Crippen molar-refractivity contribution < 1.29 is 14.7 Å². The summed E-state index contributed by atoms with van der Waals surface area (Å²) in [5.41, 5.74) is 4.27. The van der Waals surface area contributed by atoms with Gasteiger partial charge in [0.2, 0.25) is 0 Å². The lowest BCUT2D eigenvalue weighted by atomic mass is 10.2. The number of nitrogens with zero attached hydrogens (tertiary/aromatic N) is 3. The number of aromatic carboxylic acids is 1. The number of fused-ring (bicyclic) bond motifs is 1. The molecule has 0 saturated carbocycles. The number of pyridine rings is 1. The molecule has 1 aliphatic heterocycles. The number of aromatic nitrogens is 2. The molecule has 8 heteroatoms. The third-order valence-corrected chi connectivity index (χ3v) is 4.04. The number of carboxylic acid groups (broad SMARTS) is 1. The second-order valence-corrected chi connectivity index (χ2v) is 5.58. The molecule has 0 bridgehead atoms. The van der Waals surface area contributed by atoms with Gasteiger partial charge in [-0.1, -0.05) is 24.3 Å². The molecule has 0 unspecified atom stereocenters. The molecular formula is C18H15ClN4O3. The first-order chi connectivity index (χ1) is 12.1. The Bertz CT molecular complexity index is 1010. The van der Waals surface area contributed by atoms with E-state index in [0.717, 1.165) is 10.9 Å². The molecule has 1 saturated heterocycles. The third kappa shape index (κ3) is 2.94. The van der Waals surface area contributed by atoms with Gasteiger partial charge >= 0.3 is 5.97 Å². The maximum atomic E-state index is 12.6. The zero-order chi connectivity index (χ0) is 17.4. The van der Waals surface area contributed by atoms with E-state index in [4.69, 9.17) is 0 Å². The van der Waals surface area contributed by atoms with E-state index >= 15 is 0 Å². The minimum atomic E-state index is -1.05. The summed E-state index contributed by atoms with van der Waals surface area (Å²) < 4.78 is 1.54. The summed E-state index contributed by atoms with van der Waals surface area (Å²) in [5.74, 6) is -0.812. The topological polar surface area (TPSA) is 87.5 Å². The summed E-state index contributed by atoms with van der Waals surface area (Å²) in [4.78, 5) is 28.4. The van der Waals surface area contributed by atoms with Crippen molar-refractivity contribution in [3.63, 3.8) is 0 Å². The van der Waals surface area contributed by atoms with E-state index in [2.05, 4.69) is 10.4 Å². The van der Waals surface area contributed by atoms with Crippen molar-refractivity contribution in [1.29, 1.82) is 0 Å². The first kappa shape index (κ1) is 17.7. The van der Waals surface area contributed by atoms with Crippen LogP contribution in [0.1, 0.15) is 10.5 Å². The average Bonchev–Trinajstić information content (AvgIpc) is 3.18. The maximum absolute atomic E-state index is 12.6. The molecule has 1 aliphatic rings. The summed E-state index contributed by atoms with van der Waals surface area (Å²) in [6, 6.07) is 14.2. The Hall–Kier alpha value is -3.16. The highest BCUT2D eigenvalue weighted by molar-refractivity contribution is 6.09. The van der Waals surface area contributed by atoms with E-state index in [0.29, 0.717) is 17.9 Å². The highest BCUT2D eigenvalue weighted by Crippen LogP contribution is 2.23. The summed E-state index contributed by atoms with van der Waals surface area (Å²) >= 11 is 0. The second-order valence-electron chi connectivity index (χ2n) is 5.58. The number of benzene rings is 1. The maximum Gasteiger partial charge on any atom is 0.352 e. The Labute approximate surface area is 154 Å². The Balaban J connectivity index is 0.00000196. The molecule has 26 heavy (non-hydrogen) atoms. The smallest absolute Gasteiger partial charge is 0.352 e. The van der Waals surface area contributed by atoms with Gasteiger partial charge in [-0.2, -0.15) is 0 Å². The predicted molar refractivity (Wildman–Crippen MR) is 100 cm³/mol. The fraction of sp³-hybridized carbons (Fsp3) is 0.0556. The molecule has 2 N–H and O–H groups in total. The van der Waals surface area contributed by atoms with E-state index in [1.807, 2.05) is 24.3 Å². The molecule has 0 aliphatic carbocycles. The van der Waals surface area contributed by atoms with Gasteiger partial charge in [0, 0.05) is 24.3 Å². The first-order valence-electron chi connectivity index (χ1n) is 7.68. The van der Waals surface area contributed by atoms with Gasteiger partial charge in [-0.3, -0.25) is 4.79 Å². The van der Waals surface area contributed by atoms with E-state index in [1.54, 1.807) is 36.7 Å². The number of hydrazine groups is 1. The van der Waals surface area contributed by atoms with Crippen molar-refractivity contribution in [1.82, 2.24) is 15.0 Å². The van der Waals surface area contributed by atoms with Gasteiger partial charge in [0.1, 0.15) is 11.5 Å². The number of halogens is 1. The summed E-state index contributed by atoms with van der Waals surface area (Å²) in [7, 11) is 0. The number of rotatable bonds is 3. The fourth-order valence-corrected chi connectivity index (χ4v) is 2.86. The normalized spacial score (nSPS) is 15.5. The molecule has 4 rings (SSSR count). The van der Waals surface area contributed by atoms with Gasteiger partial charge in [0.25, 0.3) is 5.91 Å². The molecule has 3 aromatic rings. The number of anilines is 1. The molecule has 132 valence electrons. The zero-order valence-electron chi connectivity index (χ0n) is 13.5. The van der Waals surface area contributed by atoms with Crippen molar-refractivity contribution in [3.05, 3.63) is 66.0 Å². The van der Waals surface area contributed by atoms with E-state index in [1.165, 1.54) is 9.58 Å². The Morgan fingerprint density at radius 1 is 1.19 bits per heavy atom. The lowest BCUT2D eigenvalue weighted by Gasteiger charge is -2.13. The lowest BCUT2D eigenvalue weighted by Crippen LogP contribution is -2.34. The summed E-state index contributed by atoms with van der Waals surface area (Å²) in [6.07, 6.45) is 3.18. The van der Waals surface area contributed by atoms with E-state index < -0.39 is 5.97 Å². The average molecular weight is 371 g/mol. The minimum Gasteiger partial charge on any atom is -0.477 e. The molecule has 7 nitrogen and oxygen atoms in total. The van der Waals surface area contributed by atoms with Crippen molar-refractivity contribution in [2.24, 2.45) is 0 Å². The molecule has 0 atom stereocenters. The van der Waals surface area contributed by atoms with Gasteiger partial charge in [-0.15, -0.1) is 12.4 Å². The van der Waals surface area contributed by atoms with Crippen LogP contribution in [0, 0.1) is 0 Å². The standard InChI is InChI=1S/C18H14N4O3.ClH/c23-17-13(10-20-22(17)16-7-3-4-8-19-16)11-21-14-6-2-1-5-12(14)9-15(21)18(24)25;/h1-9,11,20H,10H2,(H,24,25);1H/b13-11+;. The number of para-hydroxylation sites is 1. The molecular weight excluding hydrogens is 356 g/mol. The number of nitrogens with one attached hydrogen (secondary N) is 1. The molecule has 2 aromatic heterocycles. The lowest BCUT2D eigenvalue weighted by molar-refractivity contribution is -0.114. The Morgan fingerprint density at radius 2 is 1.96 bits per heavy atom. The Kier molecular flexibility index (Phi) is 4.75. The van der Waals surface area contributed by atoms with Crippen LogP contribution < -0.4 is 10.4 Å². The van der Waals surface area contributed by atoms with Crippen LogP contribution in [-0.2, 0) is 4.79 Å². The van der Waals surface area contributed by atoms with Crippen molar-refractivity contribution in [3.8, 4) is 0 Å². The SMILES string of the molecule is Cl.O=C(O)c1cc2ccccc2n1/C=C1\CNN(c2ccccn2)C1=O. The number of carboxylic acids is 1. The number of carbonyl (C=O) groups excluding carboxylic acids is 1. The van der Waals surface area contributed by atoms with Crippen molar-refractivity contribution in [2.45, 2.75) is 0 Å². The van der Waals surface area contributed by atoms with E-state index in [9.17, 15) is 14.7 Å². The number of hydrogen-bond donors (Lipinski definition) is 2. The highest BCUT2D eigenvalue weighted by Gasteiger charge is 2.28. The van der Waals surface area contributed by atoms with Crippen LogP contribution in [-0.4, -0.2) is 33.1 Å². The molecule has 1 amide bonds. The van der Waals surface area contributed by atoms with Crippen LogP contribution in [0.5, 0.6) is 0 Å². The van der Waals surface area contributed by atoms with Crippen molar-refractivity contribution >= 4 is 47.2 Å². The van der Waals surface area contributed by atoms with Crippen LogP contribution >= 0.6 is 12.4 Å². The van der Waals surface area contributed by atoms with Crippen molar-refractivity contribution in [2.75, 3.05) is 11.6 Å². The quantitative estimate of drug-likeness (QED) is 0.692. The molecule has 1 fully saturated rings. The molecule has 1 aromatic carbocycles. The third-order valence-electron chi connectivity index (χ3n) is 4.04. The second kappa shape index (κ2) is 6.99. The van der Waals surface area contributed by atoms with Gasteiger partial charge in [0.15, 0.2) is 0 Å². The first-order valence-corrected chi connectivity index (χ1v) is 7.68. The highest BCUT2D eigenvalue weighted by atomic mass is 35.5. The minimum absolute atomic E-state index is 0. The number of amides is 1. The van der Waals surface area contributed by atoms with Crippen LogP contribution in [0.2, 0.25) is 0 Å². The van der Waals surface area contributed by atoms with Gasteiger partial charge in [-0.25, -0.2) is 20.2 Å². The molecule has 0 radical (unpaired) electrons. The summed E-state index contributed by atoms with van der Waals surface area (Å²) in [5, 5.41) is 11.6.